The van der Waals surface area contributed by atoms with E-state index in [4.69, 9.17) is 5.26 Å². The Morgan fingerprint density at radius 2 is 2.12 bits per heavy atom. The number of thioether (sulfide) groups is 1. The first-order valence-electron chi connectivity index (χ1n) is 5.14. The summed E-state index contributed by atoms with van der Waals surface area (Å²) in [6.45, 7) is 0. The Balaban J connectivity index is 2.43. The molecular weight excluding hydrogens is 232 g/mol. The van der Waals surface area contributed by atoms with Crippen molar-refractivity contribution in [2.24, 2.45) is 0 Å². The summed E-state index contributed by atoms with van der Waals surface area (Å²) >= 11 is 1.13. The van der Waals surface area contributed by atoms with Gasteiger partial charge in [-0.05, 0) is 35.3 Å². The summed E-state index contributed by atoms with van der Waals surface area (Å²) in [6, 6.07) is 9.44. The van der Waals surface area contributed by atoms with Gasteiger partial charge in [-0.15, -0.1) is 0 Å². The lowest BCUT2D eigenvalue weighted by atomic mass is 10.1. The summed E-state index contributed by atoms with van der Waals surface area (Å²) in [5.74, 6) is 0.0182. The first-order valence-corrected chi connectivity index (χ1v) is 5.95. The molecule has 1 amide bonds. The van der Waals surface area contributed by atoms with Crippen molar-refractivity contribution < 1.29 is 4.79 Å². The van der Waals surface area contributed by atoms with Gasteiger partial charge in [0.2, 0.25) is 0 Å². The lowest BCUT2D eigenvalue weighted by Crippen LogP contribution is -2.20. The van der Waals surface area contributed by atoms with Gasteiger partial charge in [-0.1, -0.05) is 12.1 Å². The molecule has 2 aromatic carbocycles. The first kappa shape index (κ1) is 10.2. The van der Waals surface area contributed by atoms with Gasteiger partial charge in [0, 0.05) is 22.9 Å². The number of nitrogens with zero attached hydrogens (tertiary/aromatic N) is 2. The third-order valence-electron chi connectivity index (χ3n) is 3.03. The Labute approximate surface area is 103 Å². The Morgan fingerprint density at radius 1 is 1.29 bits per heavy atom. The molecule has 0 saturated carbocycles. The number of amides is 1. The zero-order valence-electron chi connectivity index (χ0n) is 9.10. The van der Waals surface area contributed by atoms with Gasteiger partial charge in [0.1, 0.15) is 5.40 Å². The number of nitriles is 1. The Hall–Kier alpha value is -1.99. The highest BCUT2D eigenvalue weighted by Gasteiger charge is 2.27. The second kappa shape index (κ2) is 3.51. The van der Waals surface area contributed by atoms with Gasteiger partial charge < -0.3 is 4.90 Å². The summed E-state index contributed by atoms with van der Waals surface area (Å²) < 4.78 is 0. The molecule has 0 bridgehead atoms. The topological polar surface area (TPSA) is 44.1 Å². The van der Waals surface area contributed by atoms with E-state index < -0.39 is 0 Å². The first-order chi connectivity index (χ1) is 8.24. The van der Waals surface area contributed by atoms with Crippen LogP contribution in [0.5, 0.6) is 0 Å². The van der Waals surface area contributed by atoms with E-state index in [1.807, 2.05) is 30.3 Å². The maximum atomic E-state index is 12.0. The van der Waals surface area contributed by atoms with Crippen LogP contribution in [-0.4, -0.2) is 13.0 Å². The van der Waals surface area contributed by atoms with Crippen molar-refractivity contribution in [3.63, 3.8) is 0 Å². The molecule has 0 aromatic heterocycles. The molecule has 0 radical (unpaired) electrons. The number of carbonyl (C=O) groups is 1. The van der Waals surface area contributed by atoms with Crippen molar-refractivity contribution in [2.75, 3.05) is 11.9 Å². The molecule has 1 aliphatic heterocycles. The normalized spacial score (nSPS) is 13.2. The minimum Gasteiger partial charge on any atom is -0.311 e. The predicted molar refractivity (Wildman–Crippen MR) is 68.2 cm³/mol. The second-order valence-corrected chi connectivity index (χ2v) is 4.70. The Kier molecular flexibility index (Phi) is 2.10. The minimum atomic E-state index is 0.0182. The highest BCUT2D eigenvalue weighted by molar-refractivity contribution is 8.04. The quantitative estimate of drug-likeness (QED) is 0.568. The fourth-order valence-electron chi connectivity index (χ4n) is 2.25. The fourth-order valence-corrected chi connectivity index (χ4v) is 2.76. The molecule has 3 nitrogen and oxygen atoms in total. The molecule has 82 valence electrons. The van der Waals surface area contributed by atoms with Crippen molar-refractivity contribution in [1.82, 2.24) is 0 Å². The van der Waals surface area contributed by atoms with Crippen molar-refractivity contribution in [2.45, 2.75) is 4.90 Å². The van der Waals surface area contributed by atoms with Crippen molar-refractivity contribution in [3.8, 4) is 5.40 Å². The van der Waals surface area contributed by atoms with E-state index >= 15 is 0 Å². The smallest absolute Gasteiger partial charge is 0.258 e. The van der Waals surface area contributed by atoms with Crippen molar-refractivity contribution in [1.29, 1.82) is 5.26 Å². The van der Waals surface area contributed by atoms with Gasteiger partial charge in [-0.3, -0.25) is 4.79 Å². The molecule has 2 aromatic rings. The van der Waals surface area contributed by atoms with Crippen LogP contribution < -0.4 is 4.90 Å². The maximum absolute atomic E-state index is 12.0. The molecule has 0 fully saturated rings. The summed E-state index contributed by atoms with van der Waals surface area (Å²) in [5.41, 5.74) is 1.64. The molecule has 1 aliphatic rings. The van der Waals surface area contributed by atoms with E-state index in [0.29, 0.717) is 0 Å². The van der Waals surface area contributed by atoms with Crippen LogP contribution in [0.1, 0.15) is 10.4 Å². The Bertz CT molecular complexity index is 688. The van der Waals surface area contributed by atoms with Crippen molar-refractivity contribution >= 4 is 34.1 Å². The monoisotopic (exact) mass is 240 g/mol. The summed E-state index contributed by atoms with van der Waals surface area (Å²) in [5, 5.41) is 12.8. The van der Waals surface area contributed by atoms with E-state index in [1.54, 1.807) is 11.9 Å². The molecule has 0 atom stereocenters. The van der Waals surface area contributed by atoms with Gasteiger partial charge >= 0.3 is 0 Å². The third kappa shape index (κ3) is 1.26. The van der Waals surface area contributed by atoms with Crippen LogP contribution in [0.15, 0.2) is 35.2 Å². The average molecular weight is 240 g/mol. The lowest BCUT2D eigenvalue weighted by Gasteiger charge is -2.10. The molecule has 3 rings (SSSR count). The molecule has 17 heavy (non-hydrogen) atoms. The average Bonchev–Trinajstić information content (AvgIpc) is 2.60. The number of benzene rings is 2. The van der Waals surface area contributed by atoms with E-state index in [9.17, 15) is 4.79 Å². The lowest BCUT2D eigenvalue weighted by molar-refractivity contribution is 0.0999. The van der Waals surface area contributed by atoms with Crippen LogP contribution in [-0.2, 0) is 0 Å². The van der Waals surface area contributed by atoms with Crippen LogP contribution in [0.3, 0.4) is 0 Å². The largest absolute Gasteiger partial charge is 0.311 e. The van der Waals surface area contributed by atoms with Gasteiger partial charge in [-0.2, -0.15) is 5.26 Å². The number of anilines is 1. The van der Waals surface area contributed by atoms with Crippen LogP contribution in [0.25, 0.3) is 10.8 Å². The molecule has 0 unspecified atom stereocenters. The molecule has 0 saturated heterocycles. The van der Waals surface area contributed by atoms with Gasteiger partial charge in [0.15, 0.2) is 0 Å². The zero-order chi connectivity index (χ0) is 12.0. The number of carbonyl (C=O) groups excluding carboxylic acids is 1. The molecule has 4 heteroatoms. The summed E-state index contributed by atoms with van der Waals surface area (Å²) in [7, 11) is 1.77. The van der Waals surface area contributed by atoms with E-state index in [1.165, 1.54) is 0 Å². The zero-order valence-corrected chi connectivity index (χ0v) is 9.91. The van der Waals surface area contributed by atoms with Crippen LogP contribution >= 0.6 is 11.8 Å². The van der Waals surface area contributed by atoms with Gasteiger partial charge in [0.05, 0.1) is 5.69 Å². The standard InChI is InChI=1S/C13H8N2OS/c1-15-10-5-6-11(17-7-14)8-3-2-4-9(12(8)10)13(15)16/h2-6H,1H3. The summed E-state index contributed by atoms with van der Waals surface area (Å²) in [4.78, 5) is 14.6. The number of thiocyanates is 1. The predicted octanol–water partition coefficient (Wildman–Crippen LogP) is 3.00. The van der Waals surface area contributed by atoms with Crippen molar-refractivity contribution in [3.05, 3.63) is 35.9 Å². The summed E-state index contributed by atoms with van der Waals surface area (Å²) in [6.07, 6.45) is 0. The molecular formula is C13H8N2OS. The third-order valence-corrected chi connectivity index (χ3v) is 3.70. The highest BCUT2D eigenvalue weighted by Crippen LogP contribution is 2.40. The van der Waals surface area contributed by atoms with E-state index in [0.717, 1.165) is 38.7 Å². The Morgan fingerprint density at radius 3 is 2.88 bits per heavy atom. The molecule has 0 aliphatic carbocycles. The van der Waals surface area contributed by atoms with Gasteiger partial charge in [0.25, 0.3) is 5.91 Å². The minimum absolute atomic E-state index is 0.0182. The molecule has 1 heterocycles. The second-order valence-electron chi connectivity index (χ2n) is 3.87. The van der Waals surface area contributed by atoms with Crippen LogP contribution in [0, 0.1) is 10.7 Å². The fraction of sp³-hybridized carbons (Fsp3) is 0.0769. The van der Waals surface area contributed by atoms with E-state index in [2.05, 4.69) is 5.40 Å². The highest BCUT2D eigenvalue weighted by atomic mass is 32.2. The van der Waals surface area contributed by atoms with Crippen LogP contribution in [0.2, 0.25) is 0 Å². The van der Waals surface area contributed by atoms with Crippen LogP contribution in [0.4, 0.5) is 5.69 Å². The number of rotatable bonds is 1. The SMILES string of the molecule is CN1C(=O)c2cccc3c(SC#N)ccc1c23. The number of hydrogen-bond donors (Lipinski definition) is 0. The molecule has 0 N–H and O–H groups in total. The maximum Gasteiger partial charge on any atom is 0.258 e. The van der Waals surface area contributed by atoms with Gasteiger partial charge in [-0.25, -0.2) is 0 Å². The molecule has 0 spiro atoms. The van der Waals surface area contributed by atoms with E-state index in [-0.39, 0.29) is 5.91 Å². The number of hydrogen-bond acceptors (Lipinski definition) is 3.